The number of anilines is 1. The van der Waals surface area contributed by atoms with Crippen LogP contribution in [-0.4, -0.2) is 16.1 Å². The zero-order valence-electron chi connectivity index (χ0n) is 11.2. The molecule has 1 heterocycles. The van der Waals surface area contributed by atoms with Crippen LogP contribution in [0, 0.1) is 5.82 Å². The van der Waals surface area contributed by atoms with Gasteiger partial charge in [0.05, 0.1) is 6.42 Å². The summed E-state index contributed by atoms with van der Waals surface area (Å²) in [4.78, 5) is 11.8. The average molecular weight is 293 g/mol. The summed E-state index contributed by atoms with van der Waals surface area (Å²) in [6.45, 7) is 2.12. The maximum absolute atomic E-state index is 12.8. The molecular weight excluding hydrogens is 277 g/mol. The normalized spacial score (nSPS) is 10.5. The van der Waals surface area contributed by atoms with Crippen LogP contribution in [-0.2, 0) is 17.6 Å². The maximum atomic E-state index is 12.8. The second-order valence-corrected chi connectivity index (χ2v) is 5.52. The maximum Gasteiger partial charge on any atom is 0.230 e. The molecule has 4 nitrogen and oxygen atoms in total. The van der Waals surface area contributed by atoms with E-state index in [-0.39, 0.29) is 18.1 Å². The second-order valence-electron chi connectivity index (χ2n) is 4.46. The number of hydrogen-bond acceptors (Lipinski definition) is 4. The van der Waals surface area contributed by atoms with Crippen molar-refractivity contribution in [3.8, 4) is 0 Å². The number of nitrogens with one attached hydrogen (secondary N) is 1. The Labute approximate surface area is 121 Å². The summed E-state index contributed by atoms with van der Waals surface area (Å²) in [5.74, 6) is -0.478. The molecule has 0 radical (unpaired) electrons. The fourth-order valence-electron chi connectivity index (χ4n) is 1.68. The SMILES string of the molecule is CCCCc1nnc(NC(=O)Cc2ccc(F)cc2)s1. The highest BCUT2D eigenvalue weighted by atomic mass is 32.1. The summed E-state index contributed by atoms with van der Waals surface area (Å²) in [6.07, 6.45) is 3.26. The molecule has 20 heavy (non-hydrogen) atoms. The van der Waals surface area contributed by atoms with Crippen LogP contribution < -0.4 is 5.32 Å². The number of carbonyl (C=O) groups is 1. The van der Waals surface area contributed by atoms with Gasteiger partial charge in [-0.25, -0.2) is 4.39 Å². The average Bonchev–Trinajstić information content (AvgIpc) is 2.86. The molecule has 2 aromatic rings. The highest BCUT2D eigenvalue weighted by Crippen LogP contribution is 2.17. The van der Waals surface area contributed by atoms with Crippen molar-refractivity contribution in [2.45, 2.75) is 32.6 Å². The van der Waals surface area contributed by atoms with Gasteiger partial charge in [-0.2, -0.15) is 0 Å². The molecule has 0 aliphatic carbocycles. The van der Waals surface area contributed by atoms with Crippen molar-refractivity contribution in [2.24, 2.45) is 0 Å². The van der Waals surface area contributed by atoms with Gasteiger partial charge in [-0.3, -0.25) is 4.79 Å². The van der Waals surface area contributed by atoms with E-state index in [1.165, 1.54) is 23.5 Å². The first kappa shape index (κ1) is 14.6. The quantitative estimate of drug-likeness (QED) is 0.890. The molecular formula is C14H16FN3OS. The van der Waals surface area contributed by atoms with Gasteiger partial charge >= 0.3 is 0 Å². The van der Waals surface area contributed by atoms with E-state index in [0.29, 0.717) is 5.13 Å². The Bertz CT molecular complexity index is 568. The van der Waals surface area contributed by atoms with E-state index >= 15 is 0 Å². The van der Waals surface area contributed by atoms with Gasteiger partial charge in [-0.15, -0.1) is 10.2 Å². The number of halogens is 1. The number of aryl methyl sites for hydroxylation is 1. The van der Waals surface area contributed by atoms with Crippen LogP contribution in [0.15, 0.2) is 24.3 Å². The first-order chi connectivity index (χ1) is 9.67. The third kappa shape index (κ3) is 4.38. The van der Waals surface area contributed by atoms with E-state index in [4.69, 9.17) is 0 Å². The molecule has 1 aromatic carbocycles. The number of aromatic nitrogens is 2. The summed E-state index contributed by atoms with van der Waals surface area (Å²) in [5.41, 5.74) is 0.764. The largest absolute Gasteiger partial charge is 0.300 e. The first-order valence-corrected chi connectivity index (χ1v) is 7.35. The number of amides is 1. The Hall–Kier alpha value is -1.82. The molecule has 0 atom stereocenters. The van der Waals surface area contributed by atoms with Crippen LogP contribution in [0.4, 0.5) is 9.52 Å². The molecule has 6 heteroatoms. The summed E-state index contributed by atoms with van der Waals surface area (Å²) < 4.78 is 12.8. The lowest BCUT2D eigenvalue weighted by atomic mass is 10.1. The number of hydrogen-bond donors (Lipinski definition) is 1. The predicted octanol–water partition coefficient (Wildman–Crippen LogP) is 3.20. The Morgan fingerprint density at radius 1 is 1.30 bits per heavy atom. The Morgan fingerprint density at radius 2 is 2.05 bits per heavy atom. The van der Waals surface area contributed by atoms with Crippen LogP contribution in [0.5, 0.6) is 0 Å². The number of nitrogens with zero attached hydrogens (tertiary/aromatic N) is 2. The van der Waals surface area contributed by atoms with Gasteiger partial charge in [0.1, 0.15) is 10.8 Å². The first-order valence-electron chi connectivity index (χ1n) is 6.54. The van der Waals surface area contributed by atoms with E-state index in [0.717, 1.165) is 29.8 Å². The predicted molar refractivity (Wildman–Crippen MR) is 77.3 cm³/mol. The van der Waals surface area contributed by atoms with Crippen molar-refractivity contribution in [3.63, 3.8) is 0 Å². The lowest BCUT2D eigenvalue weighted by molar-refractivity contribution is -0.115. The van der Waals surface area contributed by atoms with Crippen LogP contribution >= 0.6 is 11.3 Å². The topological polar surface area (TPSA) is 54.9 Å². The summed E-state index contributed by atoms with van der Waals surface area (Å²) in [5, 5.41) is 12.1. The lowest BCUT2D eigenvalue weighted by Gasteiger charge is -2.01. The molecule has 1 N–H and O–H groups in total. The Kier molecular flexibility index (Phi) is 5.17. The third-order valence-electron chi connectivity index (χ3n) is 2.74. The standard InChI is InChI=1S/C14H16FN3OS/c1-2-3-4-13-17-18-14(20-13)16-12(19)9-10-5-7-11(15)8-6-10/h5-8H,2-4,9H2,1H3,(H,16,18,19). The van der Waals surface area contributed by atoms with Crippen molar-refractivity contribution in [3.05, 3.63) is 40.7 Å². The van der Waals surface area contributed by atoms with E-state index in [1.54, 1.807) is 12.1 Å². The minimum Gasteiger partial charge on any atom is -0.300 e. The third-order valence-corrected chi connectivity index (χ3v) is 3.63. The minimum atomic E-state index is -0.307. The fraction of sp³-hybridized carbons (Fsp3) is 0.357. The van der Waals surface area contributed by atoms with Gasteiger partial charge in [0, 0.05) is 6.42 Å². The molecule has 0 unspecified atom stereocenters. The van der Waals surface area contributed by atoms with Crippen LogP contribution in [0.2, 0.25) is 0 Å². The molecule has 0 fully saturated rings. The van der Waals surface area contributed by atoms with Crippen LogP contribution in [0.3, 0.4) is 0 Å². The van der Waals surface area contributed by atoms with E-state index in [2.05, 4.69) is 22.4 Å². The number of benzene rings is 1. The number of unbranched alkanes of at least 4 members (excludes halogenated alkanes) is 1. The summed E-state index contributed by atoms with van der Waals surface area (Å²) in [7, 11) is 0. The second kappa shape index (κ2) is 7.09. The van der Waals surface area contributed by atoms with Crippen molar-refractivity contribution in [2.75, 3.05) is 5.32 Å². The van der Waals surface area contributed by atoms with Gasteiger partial charge in [0.25, 0.3) is 0 Å². The minimum absolute atomic E-state index is 0.171. The Morgan fingerprint density at radius 3 is 2.75 bits per heavy atom. The molecule has 0 saturated heterocycles. The fourth-order valence-corrected chi connectivity index (χ4v) is 2.48. The van der Waals surface area contributed by atoms with E-state index < -0.39 is 0 Å². The molecule has 1 amide bonds. The highest BCUT2D eigenvalue weighted by Gasteiger charge is 2.08. The Balaban J connectivity index is 1.87. The van der Waals surface area contributed by atoms with Crippen LogP contribution in [0.1, 0.15) is 30.3 Å². The molecule has 1 aromatic heterocycles. The molecule has 0 saturated carbocycles. The molecule has 0 aliphatic rings. The highest BCUT2D eigenvalue weighted by molar-refractivity contribution is 7.15. The number of rotatable bonds is 6. The summed E-state index contributed by atoms with van der Waals surface area (Å²) >= 11 is 1.40. The van der Waals surface area contributed by atoms with Gasteiger partial charge in [0.2, 0.25) is 11.0 Å². The van der Waals surface area contributed by atoms with Crippen molar-refractivity contribution >= 4 is 22.4 Å². The van der Waals surface area contributed by atoms with Gasteiger partial charge < -0.3 is 5.32 Å². The molecule has 2 rings (SSSR count). The monoisotopic (exact) mass is 293 g/mol. The van der Waals surface area contributed by atoms with Gasteiger partial charge in [0.15, 0.2) is 0 Å². The lowest BCUT2D eigenvalue weighted by Crippen LogP contribution is -2.14. The molecule has 0 aliphatic heterocycles. The van der Waals surface area contributed by atoms with Gasteiger partial charge in [-0.1, -0.05) is 36.8 Å². The van der Waals surface area contributed by atoms with Gasteiger partial charge in [-0.05, 0) is 24.1 Å². The zero-order chi connectivity index (χ0) is 14.4. The van der Waals surface area contributed by atoms with E-state index in [1.807, 2.05) is 0 Å². The molecule has 106 valence electrons. The summed E-state index contributed by atoms with van der Waals surface area (Å²) in [6, 6.07) is 5.89. The van der Waals surface area contributed by atoms with Crippen molar-refractivity contribution in [1.29, 1.82) is 0 Å². The molecule has 0 bridgehead atoms. The van der Waals surface area contributed by atoms with E-state index in [9.17, 15) is 9.18 Å². The smallest absolute Gasteiger partial charge is 0.230 e. The zero-order valence-corrected chi connectivity index (χ0v) is 12.0. The molecule has 0 spiro atoms. The van der Waals surface area contributed by atoms with Crippen molar-refractivity contribution < 1.29 is 9.18 Å². The van der Waals surface area contributed by atoms with Crippen LogP contribution in [0.25, 0.3) is 0 Å². The van der Waals surface area contributed by atoms with Crippen molar-refractivity contribution in [1.82, 2.24) is 10.2 Å². The number of carbonyl (C=O) groups excluding carboxylic acids is 1.